The van der Waals surface area contributed by atoms with E-state index in [1.807, 2.05) is 50.2 Å². The minimum absolute atomic E-state index is 0.0147. The highest BCUT2D eigenvalue weighted by atomic mass is 32.2. The molecule has 1 aliphatic rings. The van der Waals surface area contributed by atoms with Crippen LogP contribution in [0.4, 0.5) is 0 Å². The number of aromatic nitrogens is 3. The maximum atomic E-state index is 13.5. The Hall–Kier alpha value is -2.90. The lowest BCUT2D eigenvalue weighted by Gasteiger charge is -2.17. The summed E-state index contributed by atoms with van der Waals surface area (Å²) in [5, 5.41) is 1.35. The van der Waals surface area contributed by atoms with E-state index >= 15 is 0 Å². The number of ketones is 1. The molecule has 0 spiro atoms. The van der Waals surface area contributed by atoms with Crippen molar-refractivity contribution in [1.29, 1.82) is 0 Å². The summed E-state index contributed by atoms with van der Waals surface area (Å²) in [6.45, 7) is 10.5. The second-order valence-electron chi connectivity index (χ2n) is 9.30. The molecule has 4 aromatic rings. The van der Waals surface area contributed by atoms with Crippen molar-refractivity contribution in [3.8, 4) is 5.69 Å². The quantitative estimate of drug-likeness (QED) is 0.131. The van der Waals surface area contributed by atoms with E-state index in [0.29, 0.717) is 23.2 Å². The summed E-state index contributed by atoms with van der Waals surface area (Å²) in [5.74, 6) is 0.882. The van der Waals surface area contributed by atoms with Gasteiger partial charge in [0.2, 0.25) is 0 Å². The van der Waals surface area contributed by atoms with Gasteiger partial charge in [-0.3, -0.25) is 14.2 Å². The number of benzene rings is 1. The Morgan fingerprint density at radius 1 is 1.29 bits per heavy atom. The van der Waals surface area contributed by atoms with Gasteiger partial charge in [0.1, 0.15) is 4.83 Å². The molecule has 0 aliphatic heterocycles. The number of Topliss-reactive ketones (excluding diaryl/α,β-unsaturated/α-hetero) is 1. The van der Waals surface area contributed by atoms with Crippen molar-refractivity contribution in [2.24, 2.45) is 5.92 Å². The van der Waals surface area contributed by atoms with Crippen LogP contribution in [0.15, 0.2) is 59.0 Å². The molecule has 7 heteroatoms. The van der Waals surface area contributed by atoms with Gasteiger partial charge in [-0.2, -0.15) is 0 Å². The summed E-state index contributed by atoms with van der Waals surface area (Å²) in [5.41, 5.74) is 4.85. The van der Waals surface area contributed by atoms with Crippen LogP contribution in [0.2, 0.25) is 0 Å². The van der Waals surface area contributed by atoms with Crippen molar-refractivity contribution in [3.63, 3.8) is 0 Å². The minimum Gasteiger partial charge on any atom is -0.318 e. The zero-order valence-electron chi connectivity index (χ0n) is 20.3. The maximum absolute atomic E-state index is 13.5. The van der Waals surface area contributed by atoms with Crippen molar-refractivity contribution in [3.05, 3.63) is 86.8 Å². The van der Waals surface area contributed by atoms with Crippen molar-refractivity contribution >= 4 is 39.1 Å². The first kappa shape index (κ1) is 23.8. The third-order valence-electron chi connectivity index (χ3n) is 6.77. The molecule has 1 aromatic carbocycles. The normalized spacial score (nSPS) is 15.3. The Morgan fingerprint density at radius 3 is 2.80 bits per heavy atom. The summed E-state index contributed by atoms with van der Waals surface area (Å²) in [4.78, 5) is 33.8. The number of hydrogen-bond donors (Lipinski definition) is 0. The first-order valence-corrected chi connectivity index (χ1v) is 13.8. The molecule has 0 saturated carbocycles. The van der Waals surface area contributed by atoms with Gasteiger partial charge in [0.25, 0.3) is 5.56 Å². The van der Waals surface area contributed by atoms with E-state index in [0.717, 1.165) is 46.6 Å². The number of allylic oxidation sites excluding steroid dienone is 1. The molecule has 0 N–H and O–H groups in total. The highest BCUT2D eigenvalue weighted by molar-refractivity contribution is 7.99. The monoisotopic (exact) mass is 503 g/mol. The first-order valence-electron chi connectivity index (χ1n) is 11.9. The van der Waals surface area contributed by atoms with Crippen LogP contribution in [0.5, 0.6) is 0 Å². The largest absolute Gasteiger partial charge is 0.318 e. The number of nitrogens with zero attached hydrogens (tertiary/aromatic N) is 3. The molecule has 1 atom stereocenters. The minimum atomic E-state index is -0.0147. The SMILES string of the molecule is C=CCn1c(SCC(=O)c2cc(C)n(-c3ccccc3)c2C)nc2sc3c(c2c1=O)CC[C@H](C)C3. The second-order valence-corrected chi connectivity index (χ2v) is 11.3. The van der Waals surface area contributed by atoms with Crippen molar-refractivity contribution in [2.45, 2.75) is 51.7 Å². The molecule has 5 rings (SSSR count). The molecule has 5 nitrogen and oxygen atoms in total. The standard InChI is InChI=1S/C28H29N3O2S2/c1-5-13-30-27(33)25-21-12-11-17(2)14-24(21)35-26(25)29-28(30)34-16-23(32)22-15-18(3)31(19(22)4)20-9-7-6-8-10-20/h5-10,15,17H,1,11-14,16H2,2-4H3/t17-/m0/s1. The summed E-state index contributed by atoms with van der Waals surface area (Å²) >= 11 is 2.98. The molecule has 0 radical (unpaired) electrons. The van der Waals surface area contributed by atoms with Gasteiger partial charge in [-0.25, -0.2) is 4.98 Å². The number of hydrogen-bond acceptors (Lipinski definition) is 5. The second kappa shape index (κ2) is 9.63. The Labute approximate surface area is 213 Å². The number of carbonyl (C=O) groups is 1. The third kappa shape index (κ3) is 4.32. The van der Waals surface area contributed by atoms with Gasteiger partial charge in [0, 0.05) is 34.1 Å². The molecular formula is C28H29N3O2S2. The van der Waals surface area contributed by atoms with E-state index in [4.69, 9.17) is 4.98 Å². The van der Waals surface area contributed by atoms with Gasteiger partial charge in [-0.05, 0) is 62.8 Å². The van der Waals surface area contributed by atoms with Gasteiger partial charge < -0.3 is 4.57 Å². The molecule has 3 aromatic heterocycles. The molecule has 0 fully saturated rings. The van der Waals surface area contributed by atoms with Crippen LogP contribution >= 0.6 is 23.1 Å². The van der Waals surface area contributed by atoms with Crippen LogP contribution in [-0.4, -0.2) is 25.7 Å². The number of thiophene rings is 1. The summed E-state index contributed by atoms with van der Waals surface area (Å²) in [6, 6.07) is 12.0. The fraction of sp³-hybridized carbons (Fsp3) is 0.321. The van der Waals surface area contributed by atoms with E-state index in [1.54, 1.807) is 22.0 Å². The third-order valence-corrected chi connectivity index (χ3v) is 8.89. The first-order chi connectivity index (χ1) is 16.9. The molecule has 0 saturated heterocycles. The lowest BCUT2D eigenvalue weighted by Crippen LogP contribution is -2.24. The molecule has 3 heterocycles. The highest BCUT2D eigenvalue weighted by Crippen LogP contribution is 2.36. The molecular weight excluding hydrogens is 474 g/mol. The number of thioether (sulfide) groups is 1. The van der Waals surface area contributed by atoms with Crippen LogP contribution in [0.3, 0.4) is 0 Å². The lowest BCUT2D eigenvalue weighted by molar-refractivity contribution is 0.102. The number of rotatable bonds is 7. The number of para-hydroxylation sites is 1. The van der Waals surface area contributed by atoms with Crippen molar-refractivity contribution in [2.75, 3.05) is 5.75 Å². The molecule has 35 heavy (non-hydrogen) atoms. The van der Waals surface area contributed by atoms with E-state index < -0.39 is 0 Å². The fourth-order valence-electron chi connectivity index (χ4n) is 5.03. The maximum Gasteiger partial charge on any atom is 0.263 e. The topological polar surface area (TPSA) is 56.9 Å². The van der Waals surface area contributed by atoms with Crippen molar-refractivity contribution in [1.82, 2.24) is 14.1 Å². The van der Waals surface area contributed by atoms with Gasteiger partial charge in [0.05, 0.1) is 11.1 Å². The zero-order chi connectivity index (χ0) is 24.7. The zero-order valence-corrected chi connectivity index (χ0v) is 22.0. The Morgan fingerprint density at radius 2 is 2.06 bits per heavy atom. The van der Waals surface area contributed by atoms with Crippen LogP contribution in [0, 0.1) is 19.8 Å². The number of fused-ring (bicyclic) bond motifs is 3. The fourth-order valence-corrected chi connectivity index (χ4v) is 7.35. The van der Waals surface area contributed by atoms with E-state index in [1.165, 1.54) is 22.2 Å². The van der Waals surface area contributed by atoms with Crippen molar-refractivity contribution < 1.29 is 4.79 Å². The molecule has 0 unspecified atom stereocenters. The van der Waals surface area contributed by atoms with Crippen LogP contribution < -0.4 is 5.56 Å². The van der Waals surface area contributed by atoms with Crippen LogP contribution in [0.25, 0.3) is 15.9 Å². The van der Waals surface area contributed by atoms with Crippen LogP contribution in [0.1, 0.15) is 45.5 Å². The van der Waals surface area contributed by atoms with Gasteiger partial charge in [-0.15, -0.1) is 17.9 Å². The molecule has 180 valence electrons. The molecule has 1 aliphatic carbocycles. The average molecular weight is 504 g/mol. The smallest absolute Gasteiger partial charge is 0.263 e. The number of carbonyl (C=O) groups excluding carboxylic acids is 1. The van der Waals surface area contributed by atoms with E-state index in [-0.39, 0.29) is 17.1 Å². The van der Waals surface area contributed by atoms with Gasteiger partial charge >= 0.3 is 0 Å². The predicted octanol–water partition coefficient (Wildman–Crippen LogP) is 6.15. The summed E-state index contributed by atoms with van der Waals surface area (Å²) < 4.78 is 3.78. The van der Waals surface area contributed by atoms with Crippen LogP contribution in [-0.2, 0) is 19.4 Å². The Bertz CT molecular complexity index is 1490. The van der Waals surface area contributed by atoms with E-state index in [2.05, 4.69) is 18.1 Å². The van der Waals surface area contributed by atoms with Gasteiger partial charge in [-0.1, -0.05) is 43.0 Å². The molecule has 0 bridgehead atoms. The molecule has 0 amide bonds. The average Bonchev–Trinajstić information content (AvgIpc) is 3.35. The summed E-state index contributed by atoms with van der Waals surface area (Å²) in [7, 11) is 0. The highest BCUT2D eigenvalue weighted by Gasteiger charge is 2.25. The Kier molecular flexibility index (Phi) is 6.55. The Balaban J connectivity index is 1.46. The number of aryl methyl sites for hydroxylation is 2. The lowest BCUT2D eigenvalue weighted by atomic mass is 9.89. The van der Waals surface area contributed by atoms with Gasteiger partial charge in [0.15, 0.2) is 10.9 Å². The predicted molar refractivity (Wildman–Crippen MR) is 146 cm³/mol. The summed E-state index contributed by atoms with van der Waals surface area (Å²) in [6.07, 6.45) is 4.76. The van der Waals surface area contributed by atoms with E-state index in [9.17, 15) is 9.59 Å².